The first kappa shape index (κ1) is 19.8. The second kappa shape index (κ2) is 8.08. The van der Waals surface area contributed by atoms with Crippen LogP contribution in [0.1, 0.15) is 0 Å². The number of ether oxygens (including phenoxy) is 2. The molecular weight excluding hydrogens is 412 g/mol. The summed E-state index contributed by atoms with van der Waals surface area (Å²) in [7, 11) is -1.53. The Hall–Kier alpha value is -2.52. The molecule has 0 unspecified atom stereocenters. The van der Waals surface area contributed by atoms with Crippen molar-refractivity contribution in [1.82, 2.24) is 0 Å². The molecule has 152 valence electrons. The summed E-state index contributed by atoms with van der Waals surface area (Å²) in [5.41, 5.74) is 0.776. The van der Waals surface area contributed by atoms with Crippen molar-refractivity contribution in [3.63, 3.8) is 0 Å². The standard InChI is InChI=1S/C20H20N2O5S2/c1-26-15-9-7-14(8-10-15)22-17-12-29(24,25)13-18(17)28-20(22)21-19(23)11-27-16-5-3-2-4-6-16/h2-10,17-18H,11-13H2,1H3/t17-,18+/m0/s1. The number of benzene rings is 2. The van der Waals surface area contributed by atoms with Gasteiger partial charge in [0, 0.05) is 10.9 Å². The van der Waals surface area contributed by atoms with E-state index in [4.69, 9.17) is 9.47 Å². The molecule has 1 amide bonds. The van der Waals surface area contributed by atoms with Crippen LogP contribution in [0.4, 0.5) is 5.69 Å². The van der Waals surface area contributed by atoms with Gasteiger partial charge in [0.1, 0.15) is 11.5 Å². The Morgan fingerprint density at radius 1 is 1.10 bits per heavy atom. The molecule has 7 nitrogen and oxygen atoms in total. The van der Waals surface area contributed by atoms with Crippen LogP contribution >= 0.6 is 11.8 Å². The molecule has 0 spiro atoms. The highest BCUT2D eigenvalue weighted by molar-refractivity contribution is 8.16. The van der Waals surface area contributed by atoms with E-state index in [0.717, 1.165) is 5.69 Å². The van der Waals surface area contributed by atoms with Crippen molar-refractivity contribution in [2.45, 2.75) is 11.3 Å². The van der Waals surface area contributed by atoms with Gasteiger partial charge in [-0.05, 0) is 36.4 Å². The fourth-order valence-corrected chi connectivity index (χ4v) is 7.34. The van der Waals surface area contributed by atoms with E-state index in [1.807, 2.05) is 35.2 Å². The number of sulfone groups is 1. The minimum Gasteiger partial charge on any atom is -0.497 e. The van der Waals surface area contributed by atoms with Crippen molar-refractivity contribution in [2.75, 3.05) is 30.1 Å². The fraction of sp³-hybridized carbons (Fsp3) is 0.300. The summed E-state index contributed by atoms with van der Waals surface area (Å²) in [4.78, 5) is 18.5. The highest BCUT2D eigenvalue weighted by Crippen LogP contribution is 2.41. The lowest BCUT2D eigenvalue weighted by molar-refractivity contribution is -0.119. The average Bonchev–Trinajstić information content (AvgIpc) is 3.18. The molecule has 2 aliphatic rings. The summed E-state index contributed by atoms with van der Waals surface area (Å²) < 4.78 is 34.9. The summed E-state index contributed by atoms with van der Waals surface area (Å²) in [6.07, 6.45) is 0. The van der Waals surface area contributed by atoms with Gasteiger partial charge in [-0.2, -0.15) is 4.99 Å². The normalized spacial score (nSPS) is 23.8. The average molecular weight is 433 g/mol. The zero-order chi connectivity index (χ0) is 20.4. The number of amides is 1. The number of thioether (sulfide) groups is 1. The van der Waals surface area contributed by atoms with Gasteiger partial charge < -0.3 is 14.4 Å². The molecule has 4 rings (SSSR count). The fourth-order valence-electron chi connectivity index (χ4n) is 3.41. The molecular formula is C20H20N2O5S2. The first-order valence-electron chi connectivity index (χ1n) is 9.05. The molecule has 0 bridgehead atoms. The predicted molar refractivity (Wildman–Crippen MR) is 114 cm³/mol. The van der Waals surface area contributed by atoms with Gasteiger partial charge >= 0.3 is 0 Å². The molecule has 0 N–H and O–H groups in total. The molecule has 0 saturated carbocycles. The summed E-state index contributed by atoms with van der Waals surface area (Å²) >= 11 is 1.34. The molecule has 2 aromatic carbocycles. The van der Waals surface area contributed by atoms with Crippen LogP contribution in [-0.4, -0.2) is 56.0 Å². The lowest BCUT2D eigenvalue weighted by Crippen LogP contribution is -2.37. The number of anilines is 1. The number of carbonyl (C=O) groups is 1. The van der Waals surface area contributed by atoms with Crippen molar-refractivity contribution in [3.8, 4) is 11.5 Å². The lowest BCUT2D eigenvalue weighted by Gasteiger charge is -2.24. The van der Waals surface area contributed by atoms with Gasteiger partial charge in [-0.25, -0.2) is 8.42 Å². The third-order valence-electron chi connectivity index (χ3n) is 4.74. The van der Waals surface area contributed by atoms with E-state index in [1.165, 1.54) is 11.8 Å². The summed E-state index contributed by atoms with van der Waals surface area (Å²) in [6.45, 7) is -0.182. The first-order chi connectivity index (χ1) is 13.9. The highest BCUT2D eigenvalue weighted by atomic mass is 32.2. The third-order valence-corrected chi connectivity index (χ3v) is 7.95. The van der Waals surface area contributed by atoms with Crippen LogP contribution in [0.15, 0.2) is 59.6 Å². The number of fused-ring (bicyclic) bond motifs is 1. The van der Waals surface area contributed by atoms with E-state index in [9.17, 15) is 13.2 Å². The van der Waals surface area contributed by atoms with Gasteiger partial charge in [0.05, 0.1) is 24.7 Å². The predicted octanol–water partition coefficient (Wildman–Crippen LogP) is 2.38. The molecule has 0 radical (unpaired) electrons. The number of rotatable bonds is 5. The van der Waals surface area contributed by atoms with E-state index in [1.54, 1.807) is 31.4 Å². The van der Waals surface area contributed by atoms with Crippen LogP contribution in [0, 0.1) is 0 Å². The molecule has 2 atom stereocenters. The molecule has 2 aromatic rings. The molecule has 2 aliphatic heterocycles. The minimum atomic E-state index is -3.11. The van der Waals surface area contributed by atoms with Crippen LogP contribution in [0.2, 0.25) is 0 Å². The molecule has 2 saturated heterocycles. The number of hydrogen-bond donors (Lipinski definition) is 0. The molecule has 29 heavy (non-hydrogen) atoms. The summed E-state index contributed by atoms with van der Waals surface area (Å²) in [5.74, 6) is 1.00. The highest BCUT2D eigenvalue weighted by Gasteiger charge is 2.49. The Labute approximate surface area is 173 Å². The molecule has 0 aliphatic carbocycles. The Morgan fingerprint density at radius 3 is 2.52 bits per heavy atom. The van der Waals surface area contributed by atoms with Gasteiger partial charge in [0.25, 0.3) is 5.91 Å². The van der Waals surface area contributed by atoms with Crippen LogP contribution < -0.4 is 14.4 Å². The maximum atomic E-state index is 12.4. The van der Waals surface area contributed by atoms with E-state index < -0.39 is 15.7 Å². The topological polar surface area (TPSA) is 85.3 Å². The number of nitrogens with zero attached hydrogens (tertiary/aromatic N) is 2. The maximum Gasteiger partial charge on any atom is 0.285 e. The van der Waals surface area contributed by atoms with Crippen LogP contribution in [0.5, 0.6) is 11.5 Å². The van der Waals surface area contributed by atoms with Gasteiger partial charge in [-0.15, -0.1) is 0 Å². The van der Waals surface area contributed by atoms with Crippen molar-refractivity contribution < 1.29 is 22.7 Å². The monoisotopic (exact) mass is 432 g/mol. The van der Waals surface area contributed by atoms with E-state index in [0.29, 0.717) is 16.7 Å². The summed E-state index contributed by atoms with van der Waals surface area (Å²) in [5, 5.41) is 0.352. The van der Waals surface area contributed by atoms with Gasteiger partial charge in [-0.3, -0.25) is 4.79 Å². The van der Waals surface area contributed by atoms with Gasteiger partial charge in [0.2, 0.25) is 0 Å². The Kier molecular flexibility index (Phi) is 5.51. The maximum absolute atomic E-state index is 12.4. The smallest absolute Gasteiger partial charge is 0.285 e. The molecule has 0 aromatic heterocycles. The van der Waals surface area contributed by atoms with Crippen LogP contribution in [-0.2, 0) is 14.6 Å². The quantitative estimate of drug-likeness (QED) is 0.717. The second-order valence-electron chi connectivity index (χ2n) is 6.76. The zero-order valence-corrected chi connectivity index (χ0v) is 17.4. The van der Waals surface area contributed by atoms with Crippen LogP contribution in [0.3, 0.4) is 0 Å². The van der Waals surface area contributed by atoms with E-state index >= 15 is 0 Å². The minimum absolute atomic E-state index is 0.0461. The number of para-hydroxylation sites is 1. The largest absolute Gasteiger partial charge is 0.497 e. The Bertz CT molecular complexity index is 1020. The zero-order valence-electron chi connectivity index (χ0n) is 15.7. The lowest BCUT2D eigenvalue weighted by atomic mass is 10.2. The molecule has 2 fully saturated rings. The number of aliphatic imine (C=N–C) groups is 1. The Morgan fingerprint density at radius 2 is 1.83 bits per heavy atom. The first-order valence-corrected chi connectivity index (χ1v) is 11.7. The number of carbonyl (C=O) groups excluding carboxylic acids is 1. The Balaban J connectivity index is 1.57. The summed E-state index contributed by atoms with van der Waals surface area (Å²) in [6, 6.07) is 16.1. The number of methoxy groups -OCH3 is 1. The van der Waals surface area contributed by atoms with Crippen LogP contribution in [0.25, 0.3) is 0 Å². The number of amidine groups is 1. The van der Waals surface area contributed by atoms with E-state index in [-0.39, 0.29) is 29.4 Å². The number of hydrogen-bond acceptors (Lipinski definition) is 6. The third kappa shape index (κ3) is 4.40. The van der Waals surface area contributed by atoms with Gasteiger partial charge in [0.15, 0.2) is 21.6 Å². The van der Waals surface area contributed by atoms with Crippen molar-refractivity contribution in [2.24, 2.45) is 4.99 Å². The SMILES string of the molecule is COc1ccc(N2C(=NC(=O)COc3ccccc3)S[C@@H]3CS(=O)(=O)C[C@@H]32)cc1. The van der Waals surface area contributed by atoms with Crippen molar-refractivity contribution in [1.29, 1.82) is 0 Å². The second-order valence-corrected chi connectivity index (χ2v) is 10.1. The van der Waals surface area contributed by atoms with Crippen molar-refractivity contribution >= 4 is 38.4 Å². The van der Waals surface area contributed by atoms with Crippen molar-refractivity contribution in [3.05, 3.63) is 54.6 Å². The molecule has 2 heterocycles. The van der Waals surface area contributed by atoms with E-state index in [2.05, 4.69) is 4.99 Å². The van der Waals surface area contributed by atoms with Gasteiger partial charge in [-0.1, -0.05) is 30.0 Å². The molecule has 9 heteroatoms.